The molecule has 0 aliphatic carbocycles. The van der Waals surface area contributed by atoms with Gasteiger partial charge < -0.3 is 4.74 Å². The monoisotopic (exact) mass is 230 g/mol. The quantitative estimate of drug-likeness (QED) is 0.782. The molecular formula is C10H14O4S. The van der Waals surface area contributed by atoms with Gasteiger partial charge in [-0.25, -0.2) is 0 Å². The molecule has 5 heteroatoms. The first kappa shape index (κ1) is 12.0. The van der Waals surface area contributed by atoms with E-state index in [-0.39, 0.29) is 13.0 Å². The minimum Gasteiger partial charge on any atom is -0.494 e. The van der Waals surface area contributed by atoms with Crippen LogP contribution >= 0.6 is 0 Å². The Kier molecular flexibility index (Phi) is 4.11. The third-order valence-electron chi connectivity index (χ3n) is 2.04. The number of rotatable bonds is 5. The highest BCUT2D eigenvalue weighted by Gasteiger charge is 2.16. The highest BCUT2D eigenvalue weighted by atomic mass is 32.2. The van der Waals surface area contributed by atoms with E-state index in [4.69, 9.17) is 9.29 Å². The van der Waals surface area contributed by atoms with Crippen LogP contribution in [0, 0.1) is 0 Å². The van der Waals surface area contributed by atoms with Crippen LogP contribution in [-0.4, -0.2) is 24.8 Å². The maximum absolute atomic E-state index is 10.7. The smallest absolute Gasteiger partial charge is 0.267 e. The average Bonchev–Trinajstić information content (AvgIpc) is 2.18. The molecule has 0 fully saturated rings. The Balaban J connectivity index is 2.35. The second-order valence-corrected chi connectivity index (χ2v) is 5.11. The molecule has 0 spiro atoms. The summed E-state index contributed by atoms with van der Waals surface area (Å²) in [4.78, 5) is 0. The van der Waals surface area contributed by atoms with E-state index >= 15 is 0 Å². The molecule has 1 atom stereocenters. The predicted molar refractivity (Wildman–Crippen MR) is 57.6 cm³/mol. The van der Waals surface area contributed by atoms with Gasteiger partial charge in [-0.15, -0.1) is 0 Å². The number of hydrogen-bond acceptors (Lipinski definition) is 3. The minimum absolute atomic E-state index is 0.269. The number of para-hydroxylation sites is 1. The molecule has 1 aromatic carbocycles. The van der Waals surface area contributed by atoms with Crippen LogP contribution in [0.1, 0.15) is 13.3 Å². The Morgan fingerprint density at radius 1 is 1.33 bits per heavy atom. The van der Waals surface area contributed by atoms with Crippen molar-refractivity contribution in [3.05, 3.63) is 30.3 Å². The second-order valence-electron chi connectivity index (χ2n) is 3.28. The van der Waals surface area contributed by atoms with Crippen molar-refractivity contribution in [3.63, 3.8) is 0 Å². The molecule has 1 rings (SSSR count). The standard InChI is InChI=1S/C10H14O4S/c1-9(15(11,12)13)7-8-14-10-5-3-2-4-6-10/h2-6,9H,7-8H2,1H3,(H,11,12,13). The number of ether oxygens (including phenoxy) is 1. The largest absolute Gasteiger partial charge is 0.494 e. The molecule has 0 saturated carbocycles. The first-order valence-electron chi connectivity index (χ1n) is 4.64. The third kappa shape index (κ3) is 4.31. The summed E-state index contributed by atoms with van der Waals surface area (Å²) in [5.74, 6) is 0.694. The van der Waals surface area contributed by atoms with Gasteiger partial charge in [0.05, 0.1) is 11.9 Å². The van der Waals surface area contributed by atoms with E-state index in [0.717, 1.165) is 0 Å². The lowest BCUT2D eigenvalue weighted by molar-refractivity contribution is 0.306. The first-order valence-corrected chi connectivity index (χ1v) is 6.14. The van der Waals surface area contributed by atoms with E-state index in [1.165, 1.54) is 6.92 Å². The molecule has 1 N–H and O–H groups in total. The molecule has 0 bridgehead atoms. The first-order chi connectivity index (χ1) is 7.00. The summed E-state index contributed by atoms with van der Waals surface area (Å²) in [6.45, 7) is 1.72. The van der Waals surface area contributed by atoms with Crippen LogP contribution in [0.25, 0.3) is 0 Å². The highest BCUT2D eigenvalue weighted by molar-refractivity contribution is 7.86. The molecule has 0 amide bonds. The Hall–Kier alpha value is -1.07. The van der Waals surface area contributed by atoms with Crippen molar-refractivity contribution in [2.45, 2.75) is 18.6 Å². The molecule has 0 aliphatic rings. The van der Waals surface area contributed by atoms with Gasteiger partial charge in [-0.2, -0.15) is 8.42 Å². The van der Waals surface area contributed by atoms with Crippen LogP contribution in [-0.2, 0) is 10.1 Å². The van der Waals surface area contributed by atoms with Crippen molar-refractivity contribution in [2.24, 2.45) is 0 Å². The van der Waals surface area contributed by atoms with Gasteiger partial charge in [0, 0.05) is 6.42 Å². The molecule has 4 nitrogen and oxygen atoms in total. The minimum atomic E-state index is -3.94. The summed E-state index contributed by atoms with van der Waals surface area (Å²) in [6.07, 6.45) is 0.272. The van der Waals surface area contributed by atoms with Crippen molar-refractivity contribution < 1.29 is 17.7 Å². The van der Waals surface area contributed by atoms with Gasteiger partial charge in [-0.3, -0.25) is 4.55 Å². The van der Waals surface area contributed by atoms with Gasteiger partial charge in [0.15, 0.2) is 0 Å². The van der Waals surface area contributed by atoms with Gasteiger partial charge in [-0.05, 0) is 19.1 Å². The summed E-state index contributed by atoms with van der Waals surface area (Å²) in [5, 5.41) is -0.791. The zero-order valence-electron chi connectivity index (χ0n) is 8.46. The van der Waals surface area contributed by atoms with E-state index in [9.17, 15) is 8.42 Å². The lowest BCUT2D eigenvalue weighted by Crippen LogP contribution is -2.19. The molecule has 15 heavy (non-hydrogen) atoms. The molecular weight excluding hydrogens is 216 g/mol. The lowest BCUT2D eigenvalue weighted by Gasteiger charge is -2.09. The van der Waals surface area contributed by atoms with E-state index in [0.29, 0.717) is 5.75 Å². The van der Waals surface area contributed by atoms with Crippen molar-refractivity contribution in [1.82, 2.24) is 0 Å². The third-order valence-corrected chi connectivity index (χ3v) is 3.30. The normalized spacial score (nSPS) is 13.5. The summed E-state index contributed by atoms with van der Waals surface area (Å²) in [6, 6.07) is 9.12. The van der Waals surface area contributed by atoms with Crippen LogP contribution in [0.5, 0.6) is 5.75 Å². The van der Waals surface area contributed by atoms with Gasteiger partial charge in [0.25, 0.3) is 10.1 Å². The Bertz CT molecular complexity index is 385. The lowest BCUT2D eigenvalue weighted by atomic mass is 10.3. The fourth-order valence-corrected chi connectivity index (χ4v) is 1.40. The second kappa shape index (κ2) is 5.14. The van der Waals surface area contributed by atoms with Crippen molar-refractivity contribution in [1.29, 1.82) is 0 Å². The van der Waals surface area contributed by atoms with Gasteiger partial charge in [0.2, 0.25) is 0 Å². The Labute approximate surface area is 89.6 Å². The van der Waals surface area contributed by atoms with Crippen LogP contribution in [0.4, 0.5) is 0 Å². The molecule has 0 radical (unpaired) electrons. The molecule has 0 heterocycles. The average molecular weight is 230 g/mol. The van der Waals surface area contributed by atoms with E-state index in [1.54, 1.807) is 12.1 Å². The summed E-state index contributed by atoms with van der Waals surface area (Å²) in [5.41, 5.74) is 0. The van der Waals surface area contributed by atoms with E-state index in [2.05, 4.69) is 0 Å². The molecule has 84 valence electrons. The van der Waals surface area contributed by atoms with Gasteiger partial charge in [-0.1, -0.05) is 18.2 Å². The molecule has 0 saturated heterocycles. The molecule has 0 aliphatic heterocycles. The maximum Gasteiger partial charge on any atom is 0.267 e. The number of hydrogen-bond donors (Lipinski definition) is 1. The Morgan fingerprint density at radius 2 is 1.93 bits per heavy atom. The summed E-state index contributed by atoms with van der Waals surface area (Å²) >= 11 is 0. The molecule has 0 aromatic heterocycles. The predicted octanol–water partition coefficient (Wildman–Crippen LogP) is 1.73. The maximum atomic E-state index is 10.7. The summed E-state index contributed by atoms with van der Waals surface area (Å²) < 4.78 is 35.3. The van der Waals surface area contributed by atoms with Crippen molar-refractivity contribution >= 4 is 10.1 Å². The van der Waals surface area contributed by atoms with Crippen molar-refractivity contribution in [2.75, 3.05) is 6.61 Å². The fourth-order valence-electron chi connectivity index (χ4n) is 1.01. The van der Waals surface area contributed by atoms with Crippen molar-refractivity contribution in [3.8, 4) is 5.75 Å². The SMILES string of the molecule is CC(CCOc1ccccc1)S(=O)(=O)O. The van der Waals surface area contributed by atoms with E-state index in [1.807, 2.05) is 18.2 Å². The van der Waals surface area contributed by atoms with E-state index < -0.39 is 15.4 Å². The number of benzene rings is 1. The van der Waals surface area contributed by atoms with Crippen LogP contribution in [0.15, 0.2) is 30.3 Å². The fraction of sp³-hybridized carbons (Fsp3) is 0.400. The van der Waals surface area contributed by atoms with Gasteiger partial charge >= 0.3 is 0 Å². The molecule has 1 aromatic rings. The zero-order chi connectivity index (χ0) is 11.3. The Morgan fingerprint density at radius 3 is 2.47 bits per heavy atom. The zero-order valence-corrected chi connectivity index (χ0v) is 9.28. The van der Waals surface area contributed by atoms with Crippen LogP contribution < -0.4 is 4.74 Å². The highest BCUT2D eigenvalue weighted by Crippen LogP contribution is 2.10. The van der Waals surface area contributed by atoms with Gasteiger partial charge in [0.1, 0.15) is 5.75 Å². The van der Waals surface area contributed by atoms with Crippen LogP contribution in [0.2, 0.25) is 0 Å². The van der Waals surface area contributed by atoms with Crippen LogP contribution in [0.3, 0.4) is 0 Å². The summed E-state index contributed by atoms with van der Waals surface area (Å²) in [7, 11) is -3.94. The topological polar surface area (TPSA) is 63.6 Å². The molecule has 1 unspecified atom stereocenters.